The highest BCUT2D eigenvalue weighted by Gasteiger charge is 2.49. The molecule has 1 aliphatic rings. The third-order valence-corrected chi connectivity index (χ3v) is 2.96. The zero-order valence-corrected chi connectivity index (χ0v) is 7.93. The Morgan fingerprint density at radius 1 is 1.64 bits per heavy atom. The van der Waals surface area contributed by atoms with E-state index in [2.05, 4.69) is 6.92 Å². The first-order valence-corrected chi connectivity index (χ1v) is 4.58. The molecule has 1 aliphatic carbocycles. The van der Waals surface area contributed by atoms with E-state index in [9.17, 15) is 10.1 Å². The number of hydrogen-bond donors (Lipinski definition) is 1. The Morgan fingerprint density at radius 2 is 2.29 bits per heavy atom. The Hall–Kier alpha value is -1.42. The van der Waals surface area contributed by atoms with Crippen LogP contribution in [0.3, 0.4) is 0 Å². The summed E-state index contributed by atoms with van der Waals surface area (Å²) in [6.07, 6.45) is 0.911. The first-order valence-electron chi connectivity index (χ1n) is 4.58. The molecule has 0 aliphatic heterocycles. The number of nitrogens with two attached hydrogens (primary N) is 1. The lowest BCUT2D eigenvalue weighted by atomic mass is 10.0. The van der Waals surface area contributed by atoms with Crippen molar-refractivity contribution in [3.63, 3.8) is 0 Å². The highest BCUT2D eigenvalue weighted by Crippen LogP contribution is 2.49. The quantitative estimate of drug-likeness (QED) is 0.573. The molecule has 4 heteroatoms. The maximum atomic E-state index is 10.5. The van der Waals surface area contributed by atoms with Gasteiger partial charge in [-0.25, -0.2) is 0 Å². The molecule has 1 aromatic carbocycles. The van der Waals surface area contributed by atoms with E-state index in [0.717, 1.165) is 12.0 Å². The second-order valence-corrected chi connectivity index (χ2v) is 3.95. The van der Waals surface area contributed by atoms with Gasteiger partial charge in [0.1, 0.15) is 0 Å². The van der Waals surface area contributed by atoms with Gasteiger partial charge < -0.3 is 5.73 Å². The van der Waals surface area contributed by atoms with Gasteiger partial charge in [0.25, 0.3) is 5.69 Å². The van der Waals surface area contributed by atoms with Gasteiger partial charge >= 0.3 is 0 Å². The molecule has 0 amide bonds. The number of nitrogens with zero attached hydrogens (tertiary/aromatic N) is 1. The van der Waals surface area contributed by atoms with Crippen molar-refractivity contribution >= 4 is 5.69 Å². The first-order chi connectivity index (χ1) is 6.54. The third kappa shape index (κ3) is 1.28. The molecule has 2 N–H and O–H groups in total. The molecular formula is C10H12N2O2. The fourth-order valence-corrected chi connectivity index (χ4v) is 1.76. The molecule has 4 nitrogen and oxygen atoms in total. The maximum absolute atomic E-state index is 10.5. The van der Waals surface area contributed by atoms with Crippen molar-refractivity contribution in [1.29, 1.82) is 0 Å². The third-order valence-electron chi connectivity index (χ3n) is 2.96. The Balaban J connectivity index is 2.37. The van der Waals surface area contributed by atoms with Crippen molar-refractivity contribution in [2.45, 2.75) is 18.9 Å². The normalized spacial score (nSPS) is 30.0. The topological polar surface area (TPSA) is 69.2 Å². The van der Waals surface area contributed by atoms with Gasteiger partial charge in [-0.2, -0.15) is 0 Å². The second kappa shape index (κ2) is 2.78. The molecule has 2 rings (SSSR count). The number of nitro groups is 1. The summed E-state index contributed by atoms with van der Waals surface area (Å²) >= 11 is 0. The van der Waals surface area contributed by atoms with E-state index in [4.69, 9.17) is 5.73 Å². The summed E-state index contributed by atoms with van der Waals surface area (Å²) in [6.45, 7) is 2.05. The van der Waals surface area contributed by atoms with Crippen molar-refractivity contribution in [2.75, 3.05) is 0 Å². The molecule has 74 valence electrons. The lowest BCUT2D eigenvalue weighted by Crippen LogP contribution is -2.21. The molecule has 0 radical (unpaired) electrons. The Kier molecular flexibility index (Phi) is 1.82. The minimum Gasteiger partial charge on any atom is -0.321 e. The Labute approximate surface area is 81.9 Å². The monoisotopic (exact) mass is 192 g/mol. The standard InChI is InChI=1S/C10H12N2O2/c1-7-6-10(7,11)8-3-2-4-9(5-8)12(13)14/h2-5,7H,6,11H2,1H3. The molecule has 1 aromatic rings. The van der Waals surface area contributed by atoms with Crippen molar-refractivity contribution in [2.24, 2.45) is 11.7 Å². The average Bonchev–Trinajstić information content (AvgIpc) is 2.76. The summed E-state index contributed by atoms with van der Waals surface area (Å²) in [5.74, 6) is 0.421. The van der Waals surface area contributed by atoms with Crippen LogP contribution in [-0.4, -0.2) is 4.92 Å². The van der Waals surface area contributed by atoms with Crippen LogP contribution in [0.2, 0.25) is 0 Å². The second-order valence-electron chi connectivity index (χ2n) is 3.95. The van der Waals surface area contributed by atoms with Crippen LogP contribution in [0.15, 0.2) is 24.3 Å². The van der Waals surface area contributed by atoms with Crippen LogP contribution < -0.4 is 5.73 Å². The van der Waals surface area contributed by atoms with Gasteiger partial charge in [0.05, 0.1) is 4.92 Å². The summed E-state index contributed by atoms with van der Waals surface area (Å²) in [5, 5.41) is 10.5. The molecule has 1 fully saturated rings. The molecule has 0 bridgehead atoms. The molecule has 2 atom stereocenters. The Bertz CT molecular complexity index is 391. The molecule has 1 saturated carbocycles. The lowest BCUT2D eigenvalue weighted by molar-refractivity contribution is -0.384. The zero-order chi connectivity index (χ0) is 10.3. The van der Waals surface area contributed by atoms with Gasteiger partial charge in [-0.05, 0) is 17.9 Å². The number of benzene rings is 1. The summed E-state index contributed by atoms with van der Waals surface area (Å²) in [5.41, 5.74) is 6.72. The molecule has 14 heavy (non-hydrogen) atoms. The van der Waals surface area contributed by atoms with Gasteiger partial charge in [-0.3, -0.25) is 10.1 Å². The van der Waals surface area contributed by atoms with E-state index < -0.39 is 0 Å². The van der Waals surface area contributed by atoms with E-state index in [1.807, 2.05) is 6.07 Å². The van der Waals surface area contributed by atoms with Crippen LogP contribution in [0, 0.1) is 16.0 Å². The zero-order valence-electron chi connectivity index (χ0n) is 7.93. The summed E-state index contributed by atoms with van der Waals surface area (Å²) < 4.78 is 0. The van der Waals surface area contributed by atoms with E-state index >= 15 is 0 Å². The van der Waals surface area contributed by atoms with Crippen molar-refractivity contribution in [3.8, 4) is 0 Å². The SMILES string of the molecule is CC1CC1(N)c1cccc([N+](=O)[O-])c1. The number of rotatable bonds is 2. The largest absolute Gasteiger partial charge is 0.321 e. The van der Waals surface area contributed by atoms with E-state index in [1.54, 1.807) is 12.1 Å². The summed E-state index contributed by atoms with van der Waals surface area (Å²) in [4.78, 5) is 10.2. The molecule has 0 saturated heterocycles. The maximum Gasteiger partial charge on any atom is 0.269 e. The average molecular weight is 192 g/mol. The predicted octanol–water partition coefficient (Wildman–Crippen LogP) is 1.79. The molecule has 0 heterocycles. The van der Waals surface area contributed by atoms with Crippen LogP contribution >= 0.6 is 0 Å². The summed E-state index contributed by atoms with van der Waals surface area (Å²) in [7, 11) is 0. The minimum absolute atomic E-state index is 0.117. The van der Waals surface area contributed by atoms with Crippen LogP contribution in [0.4, 0.5) is 5.69 Å². The van der Waals surface area contributed by atoms with Crippen LogP contribution in [-0.2, 0) is 5.54 Å². The molecule has 0 aromatic heterocycles. The van der Waals surface area contributed by atoms with Gasteiger partial charge in [-0.1, -0.05) is 19.1 Å². The van der Waals surface area contributed by atoms with E-state index in [1.165, 1.54) is 6.07 Å². The molecule has 2 unspecified atom stereocenters. The number of nitro benzene ring substituents is 1. The van der Waals surface area contributed by atoms with E-state index in [-0.39, 0.29) is 16.1 Å². The van der Waals surface area contributed by atoms with E-state index in [0.29, 0.717) is 5.92 Å². The van der Waals surface area contributed by atoms with Gasteiger partial charge in [0.2, 0.25) is 0 Å². The molecular weight excluding hydrogens is 180 g/mol. The molecule has 0 spiro atoms. The van der Waals surface area contributed by atoms with Gasteiger partial charge in [0, 0.05) is 17.7 Å². The fraction of sp³-hybridized carbons (Fsp3) is 0.400. The van der Waals surface area contributed by atoms with Crippen LogP contribution in [0.25, 0.3) is 0 Å². The fourth-order valence-electron chi connectivity index (χ4n) is 1.76. The van der Waals surface area contributed by atoms with Crippen LogP contribution in [0.5, 0.6) is 0 Å². The Morgan fingerprint density at radius 3 is 2.79 bits per heavy atom. The highest BCUT2D eigenvalue weighted by molar-refractivity contribution is 5.40. The highest BCUT2D eigenvalue weighted by atomic mass is 16.6. The predicted molar refractivity (Wildman–Crippen MR) is 52.7 cm³/mol. The van der Waals surface area contributed by atoms with Gasteiger partial charge in [0.15, 0.2) is 0 Å². The number of non-ortho nitro benzene ring substituents is 1. The van der Waals surface area contributed by atoms with Crippen molar-refractivity contribution < 1.29 is 4.92 Å². The summed E-state index contributed by atoms with van der Waals surface area (Å²) in [6, 6.07) is 6.60. The first kappa shape index (κ1) is 9.15. The number of hydrogen-bond acceptors (Lipinski definition) is 3. The lowest BCUT2D eigenvalue weighted by Gasteiger charge is -2.09. The van der Waals surface area contributed by atoms with Crippen molar-refractivity contribution in [3.05, 3.63) is 39.9 Å². The van der Waals surface area contributed by atoms with Crippen molar-refractivity contribution in [1.82, 2.24) is 0 Å². The van der Waals surface area contributed by atoms with Gasteiger partial charge in [-0.15, -0.1) is 0 Å². The minimum atomic E-state index is -0.389. The smallest absolute Gasteiger partial charge is 0.269 e. The van der Waals surface area contributed by atoms with Crippen LogP contribution in [0.1, 0.15) is 18.9 Å².